The largest absolute Gasteiger partial charge is 0.508 e. The van der Waals surface area contributed by atoms with Crippen LogP contribution in [0.15, 0.2) is 53.4 Å². The molecule has 9 heteroatoms. The highest BCUT2D eigenvalue weighted by molar-refractivity contribution is 7.89. The van der Waals surface area contributed by atoms with Gasteiger partial charge in [-0.05, 0) is 42.5 Å². The first kappa shape index (κ1) is 20.0. The van der Waals surface area contributed by atoms with Gasteiger partial charge in [0, 0.05) is 18.7 Å². The van der Waals surface area contributed by atoms with Gasteiger partial charge in [-0.2, -0.15) is 4.31 Å². The van der Waals surface area contributed by atoms with Gasteiger partial charge in [0.1, 0.15) is 5.75 Å². The SMILES string of the molecule is O=C(COC(=O)c1cccc(O)c1)c1ccc(S(=O)(=O)N2CCOCC2)cc1. The van der Waals surface area contributed by atoms with E-state index in [0.717, 1.165) is 0 Å². The maximum Gasteiger partial charge on any atom is 0.338 e. The van der Waals surface area contributed by atoms with Crippen molar-refractivity contribution in [2.75, 3.05) is 32.9 Å². The van der Waals surface area contributed by atoms with Crippen molar-refractivity contribution in [2.45, 2.75) is 4.90 Å². The highest BCUT2D eigenvalue weighted by atomic mass is 32.2. The smallest absolute Gasteiger partial charge is 0.338 e. The normalized spacial score (nSPS) is 15.1. The highest BCUT2D eigenvalue weighted by Gasteiger charge is 2.26. The Morgan fingerprint density at radius 1 is 1.04 bits per heavy atom. The Kier molecular flexibility index (Phi) is 6.08. The van der Waals surface area contributed by atoms with Crippen LogP contribution >= 0.6 is 0 Å². The van der Waals surface area contributed by atoms with E-state index < -0.39 is 28.4 Å². The van der Waals surface area contributed by atoms with Gasteiger partial charge < -0.3 is 14.6 Å². The Morgan fingerprint density at radius 2 is 1.71 bits per heavy atom. The van der Waals surface area contributed by atoms with E-state index in [2.05, 4.69) is 0 Å². The summed E-state index contributed by atoms with van der Waals surface area (Å²) in [6.07, 6.45) is 0. The maximum atomic E-state index is 12.6. The summed E-state index contributed by atoms with van der Waals surface area (Å²) >= 11 is 0. The maximum absolute atomic E-state index is 12.6. The Hall–Kier alpha value is -2.75. The molecule has 3 rings (SSSR count). The summed E-state index contributed by atoms with van der Waals surface area (Å²) in [5.74, 6) is -1.29. The number of ether oxygens (including phenoxy) is 2. The lowest BCUT2D eigenvalue weighted by molar-refractivity contribution is 0.0474. The van der Waals surface area contributed by atoms with Gasteiger partial charge in [-0.15, -0.1) is 0 Å². The van der Waals surface area contributed by atoms with E-state index in [0.29, 0.717) is 13.2 Å². The molecule has 1 aliphatic heterocycles. The molecular weight excluding hydrogens is 386 g/mol. The molecule has 2 aromatic rings. The fourth-order valence-electron chi connectivity index (χ4n) is 2.68. The minimum Gasteiger partial charge on any atom is -0.508 e. The van der Waals surface area contributed by atoms with Crippen LogP contribution in [0.1, 0.15) is 20.7 Å². The van der Waals surface area contributed by atoms with Crippen molar-refractivity contribution in [3.8, 4) is 5.75 Å². The third kappa shape index (κ3) is 4.56. The number of carbonyl (C=O) groups is 2. The zero-order valence-corrected chi connectivity index (χ0v) is 15.7. The van der Waals surface area contributed by atoms with Gasteiger partial charge in [0.2, 0.25) is 10.0 Å². The number of morpholine rings is 1. The second-order valence-corrected chi connectivity index (χ2v) is 8.03. The molecule has 0 bridgehead atoms. The molecular formula is C19H19NO7S. The van der Waals surface area contributed by atoms with Crippen LogP contribution in [-0.2, 0) is 19.5 Å². The predicted octanol–water partition coefficient (Wildman–Crippen LogP) is 1.45. The van der Waals surface area contributed by atoms with E-state index >= 15 is 0 Å². The number of ketones is 1. The van der Waals surface area contributed by atoms with Crippen molar-refractivity contribution in [1.82, 2.24) is 4.31 Å². The van der Waals surface area contributed by atoms with Crippen molar-refractivity contribution in [3.63, 3.8) is 0 Å². The van der Waals surface area contributed by atoms with Crippen LogP contribution in [0.3, 0.4) is 0 Å². The average molecular weight is 405 g/mol. The van der Waals surface area contributed by atoms with Crippen LogP contribution in [0.2, 0.25) is 0 Å². The summed E-state index contributed by atoms with van der Waals surface area (Å²) in [6.45, 7) is 0.771. The lowest BCUT2D eigenvalue weighted by atomic mass is 10.1. The lowest BCUT2D eigenvalue weighted by Gasteiger charge is -2.26. The highest BCUT2D eigenvalue weighted by Crippen LogP contribution is 2.18. The van der Waals surface area contributed by atoms with E-state index in [9.17, 15) is 23.1 Å². The number of carbonyl (C=O) groups excluding carboxylic acids is 2. The summed E-state index contributed by atoms with van der Waals surface area (Å²) in [6, 6.07) is 11.1. The lowest BCUT2D eigenvalue weighted by Crippen LogP contribution is -2.40. The molecule has 148 valence electrons. The van der Waals surface area contributed by atoms with E-state index in [1.807, 2.05) is 0 Å². The minimum atomic E-state index is -3.64. The number of nitrogens with zero attached hydrogens (tertiary/aromatic N) is 1. The summed E-state index contributed by atoms with van der Waals surface area (Å²) in [5.41, 5.74) is 0.351. The summed E-state index contributed by atoms with van der Waals surface area (Å²) in [5, 5.41) is 9.37. The fourth-order valence-corrected chi connectivity index (χ4v) is 4.09. The predicted molar refractivity (Wildman–Crippen MR) is 98.7 cm³/mol. The molecule has 8 nitrogen and oxygen atoms in total. The van der Waals surface area contributed by atoms with Gasteiger partial charge >= 0.3 is 5.97 Å². The fraction of sp³-hybridized carbons (Fsp3) is 0.263. The molecule has 0 radical (unpaired) electrons. The Labute approximate surface area is 162 Å². The third-order valence-electron chi connectivity index (χ3n) is 4.20. The number of benzene rings is 2. The molecule has 1 fully saturated rings. The monoisotopic (exact) mass is 405 g/mol. The standard InChI is InChI=1S/C19H19NO7S/c21-16-3-1-2-15(12-16)19(23)27-13-18(22)14-4-6-17(7-5-14)28(24,25)20-8-10-26-11-9-20/h1-7,12,21H,8-11,13H2. The summed E-state index contributed by atoms with van der Waals surface area (Å²) < 4.78 is 36.6. The second-order valence-electron chi connectivity index (χ2n) is 6.09. The number of phenolic OH excluding ortho intramolecular Hbond substituents is 1. The van der Waals surface area contributed by atoms with Crippen molar-refractivity contribution in [1.29, 1.82) is 0 Å². The molecule has 0 amide bonds. The topological polar surface area (TPSA) is 110 Å². The van der Waals surface area contributed by atoms with E-state index in [-0.39, 0.29) is 34.9 Å². The number of hydrogen-bond donors (Lipinski definition) is 1. The van der Waals surface area contributed by atoms with Crippen LogP contribution in [0, 0.1) is 0 Å². The molecule has 28 heavy (non-hydrogen) atoms. The molecule has 0 unspecified atom stereocenters. The molecule has 1 saturated heterocycles. The van der Waals surface area contributed by atoms with Crippen molar-refractivity contribution in [3.05, 3.63) is 59.7 Å². The first-order valence-electron chi connectivity index (χ1n) is 8.55. The quantitative estimate of drug-likeness (QED) is 0.572. The number of sulfonamides is 1. The van der Waals surface area contributed by atoms with Crippen molar-refractivity contribution in [2.24, 2.45) is 0 Å². The van der Waals surface area contributed by atoms with Gasteiger partial charge in [-0.25, -0.2) is 13.2 Å². The number of phenols is 1. The summed E-state index contributed by atoms with van der Waals surface area (Å²) in [4.78, 5) is 24.2. The van der Waals surface area contributed by atoms with Crippen molar-refractivity contribution >= 4 is 21.8 Å². The van der Waals surface area contributed by atoms with Crippen LogP contribution in [0.4, 0.5) is 0 Å². The first-order chi connectivity index (χ1) is 13.4. The van der Waals surface area contributed by atoms with E-state index in [4.69, 9.17) is 9.47 Å². The van der Waals surface area contributed by atoms with Crippen LogP contribution in [0.25, 0.3) is 0 Å². The number of hydrogen-bond acceptors (Lipinski definition) is 7. The molecule has 1 aliphatic rings. The zero-order valence-electron chi connectivity index (χ0n) is 14.9. The number of rotatable bonds is 6. The third-order valence-corrected chi connectivity index (χ3v) is 6.11. The van der Waals surface area contributed by atoms with E-state index in [1.54, 1.807) is 0 Å². The molecule has 0 spiro atoms. The molecule has 0 aromatic heterocycles. The zero-order chi connectivity index (χ0) is 20.1. The van der Waals surface area contributed by atoms with Gasteiger partial charge in [0.15, 0.2) is 12.4 Å². The van der Waals surface area contributed by atoms with Crippen LogP contribution < -0.4 is 0 Å². The molecule has 0 aliphatic carbocycles. The van der Waals surface area contributed by atoms with Crippen LogP contribution in [-0.4, -0.2) is 62.5 Å². The van der Waals surface area contributed by atoms with Crippen molar-refractivity contribution < 1.29 is 32.6 Å². The molecule has 2 aromatic carbocycles. The van der Waals surface area contributed by atoms with Gasteiger partial charge in [-0.3, -0.25) is 4.79 Å². The summed E-state index contributed by atoms with van der Waals surface area (Å²) in [7, 11) is -3.64. The minimum absolute atomic E-state index is 0.0853. The number of Topliss-reactive ketones (excluding diaryl/α,β-unsaturated/α-hetero) is 1. The first-order valence-corrected chi connectivity index (χ1v) is 9.99. The number of esters is 1. The van der Waals surface area contributed by atoms with Gasteiger partial charge in [-0.1, -0.05) is 6.07 Å². The Bertz CT molecular complexity index is 964. The van der Waals surface area contributed by atoms with Gasteiger partial charge in [0.05, 0.1) is 23.7 Å². The molecule has 1 heterocycles. The number of aromatic hydroxyl groups is 1. The Balaban J connectivity index is 1.63. The second kappa shape index (κ2) is 8.51. The van der Waals surface area contributed by atoms with Crippen LogP contribution in [0.5, 0.6) is 5.75 Å². The molecule has 0 atom stereocenters. The molecule has 0 saturated carbocycles. The van der Waals surface area contributed by atoms with E-state index in [1.165, 1.54) is 52.8 Å². The van der Waals surface area contributed by atoms with Gasteiger partial charge in [0.25, 0.3) is 0 Å². The average Bonchev–Trinajstić information content (AvgIpc) is 2.72. The molecule has 1 N–H and O–H groups in total. The Morgan fingerprint density at radius 3 is 2.36 bits per heavy atom.